The summed E-state index contributed by atoms with van der Waals surface area (Å²) in [5.74, 6) is -0.460. The van der Waals surface area contributed by atoms with Crippen LogP contribution in [0.4, 0.5) is 0 Å². The Balaban J connectivity index is 1.72. The molecule has 7 heteroatoms. The highest BCUT2D eigenvalue weighted by molar-refractivity contribution is 6.00. The molecule has 2 aliphatic rings. The zero-order valence-corrected chi connectivity index (χ0v) is 16.0. The van der Waals surface area contributed by atoms with Gasteiger partial charge in [0, 0.05) is 0 Å². The lowest BCUT2D eigenvalue weighted by molar-refractivity contribution is -0.131. The summed E-state index contributed by atoms with van der Waals surface area (Å²) in [7, 11) is 0. The predicted molar refractivity (Wildman–Crippen MR) is 98.1 cm³/mol. The second kappa shape index (κ2) is 8.25. The van der Waals surface area contributed by atoms with Crippen molar-refractivity contribution in [3.8, 4) is 0 Å². The van der Waals surface area contributed by atoms with E-state index in [9.17, 15) is 14.4 Å². The normalized spacial score (nSPS) is 27.3. The molecular weight excluding hydrogens is 348 g/mol. The van der Waals surface area contributed by atoms with Gasteiger partial charge in [-0.1, -0.05) is 32.1 Å². The summed E-state index contributed by atoms with van der Waals surface area (Å²) in [5.41, 5.74) is -0.696. The van der Waals surface area contributed by atoms with E-state index in [0.717, 1.165) is 25.7 Å². The third-order valence-corrected chi connectivity index (χ3v) is 5.94. The van der Waals surface area contributed by atoms with Crippen LogP contribution in [0, 0.1) is 5.92 Å². The number of carbonyl (C=O) groups excluding carboxylic acids is 3. The van der Waals surface area contributed by atoms with Crippen LogP contribution in [-0.4, -0.2) is 41.9 Å². The van der Waals surface area contributed by atoms with Gasteiger partial charge >= 0.3 is 0 Å². The number of amides is 2. The van der Waals surface area contributed by atoms with Gasteiger partial charge in [-0.2, -0.15) is 0 Å². The Morgan fingerprint density at radius 2 is 2.04 bits per heavy atom. The number of Topliss-reactive ketones (excluding diaryl/α,β-unsaturated/α-hetero) is 1. The molecule has 1 aromatic heterocycles. The number of nitrogens with one attached hydrogen (secondary N) is 2. The van der Waals surface area contributed by atoms with Gasteiger partial charge in [-0.25, -0.2) is 0 Å². The van der Waals surface area contributed by atoms with Gasteiger partial charge in [0.05, 0.1) is 17.9 Å². The topological polar surface area (TPSA) is 97.6 Å². The lowest BCUT2D eigenvalue weighted by Gasteiger charge is -2.31. The van der Waals surface area contributed by atoms with Crippen LogP contribution in [0.1, 0.15) is 62.7 Å². The van der Waals surface area contributed by atoms with Crippen molar-refractivity contribution in [3.05, 3.63) is 24.2 Å². The molecule has 7 nitrogen and oxygen atoms in total. The van der Waals surface area contributed by atoms with Gasteiger partial charge in [0.1, 0.15) is 24.5 Å². The van der Waals surface area contributed by atoms with E-state index in [4.69, 9.17) is 9.15 Å². The molecule has 1 aliphatic carbocycles. The van der Waals surface area contributed by atoms with E-state index in [-0.39, 0.29) is 24.2 Å². The maximum absolute atomic E-state index is 13.0. The molecule has 1 saturated carbocycles. The molecule has 0 spiro atoms. The molecule has 2 amide bonds. The molecule has 2 heterocycles. The summed E-state index contributed by atoms with van der Waals surface area (Å²) in [6.07, 6.45) is 8.55. The Bertz CT molecular complexity index is 681. The Kier molecular flexibility index (Phi) is 5.99. The summed E-state index contributed by atoms with van der Waals surface area (Å²) in [5, 5.41) is 5.67. The van der Waals surface area contributed by atoms with Crippen molar-refractivity contribution in [2.24, 2.45) is 5.92 Å². The lowest BCUT2D eigenvalue weighted by Crippen LogP contribution is -2.60. The molecule has 0 aromatic carbocycles. The number of hydrogen-bond donors (Lipinski definition) is 2. The summed E-state index contributed by atoms with van der Waals surface area (Å²) in [6.45, 7) is 3.44. The van der Waals surface area contributed by atoms with E-state index in [1.54, 1.807) is 19.9 Å². The fraction of sp³-hybridized carbons (Fsp3) is 0.650. The summed E-state index contributed by atoms with van der Waals surface area (Å²) in [4.78, 5) is 37.7. The van der Waals surface area contributed by atoms with Crippen molar-refractivity contribution in [1.82, 2.24) is 10.6 Å². The van der Waals surface area contributed by atoms with Crippen LogP contribution >= 0.6 is 0 Å². The average molecular weight is 376 g/mol. The van der Waals surface area contributed by atoms with Gasteiger partial charge in [-0.3, -0.25) is 14.4 Å². The van der Waals surface area contributed by atoms with Gasteiger partial charge in [-0.15, -0.1) is 0 Å². The van der Waals surface area contributed by atoms with Crippen molar-refractivity contribution in [1.29, 1.82) is 0 Å². The molecule has 1 saturated heterocycles. The molecular formula is C20H28N2O5. The van der Waals surface area contributed by atoms with Crippen molar-refractivity contribution in [2.45, 2.75) is 70.1 Å². The van der Waals surface area contributed by atoms with E-state index >= 15 is 0 Å². The first-order valence-electron chi connectivity index (χ1n) is 9.70. The molecule has 2 fully saturated rings. The first-order chi connectivity index (χ1) is 12.9. The number of rotatable bonds is 6. The van der Waals surface area contributed by atoms with Gasteiger partial charge in [-0.05, 0) is 32.3 Å². The first-order valence-corrected chi connectivity index (χ1v) is 9.70. The maximum atomic E-state index is 13.0. The van der Waals surface area contributed by atoms with E-state index in [1.807, 2.05) is 0 Å². The van der Waals surface area contributed by atoms with Crippen LogP contribution in [0.3, 0.4) is 0 Å². The van der Waals surface area contributed by atoms with E-state index in [2.05, 4.69) is 10.6 Å². The Labute approximate surface area is 159 Å². The highest BCUT2D eigenvalue weighted by Gasteiger charge is 2.47. The number of hydrogen-bond acceptors (Lipinski definition) is 5. The van der Waals surface area contributed by atoms with Crippen molar-refractivity contribution >= 4 is 17.6 Å². The zero-order chi connectivity index (χ0) is 19.4. The Morgan fingerprint density at radius 3 is 2.63 bits per heavy atom. The van der Waals surface area contributed by atoms with Crippen LogP contribution < -0.4 is 10.6 Å². The molecule has 0 bridgehead atoms. The lowest BCUT2D eigenvalue weighted by atomic mass is 9.84. The molecule has 148 valence electrons. The molecule has 1 aliphatic heterocycles. The van der Waals surface area contributed by atoms with E-state index < -0.39 is 17.7 Å². The van der Waals surface area contributed by atoms with Crippen LogP contribution in [0.5, 0.6) is 0 Å². The maximum Gasteiger partial charge on any atom is 0.255 e. The minimum Gasteiger partial charge on any atom is -0.472 e. The molecule has 3 rings (SSSR count). The highest BCUT2D eigenvalue weighted by Crippen LogP contribution is 2.28. The summed E-state index contributed by atoms with van der Waals surface area (Å²) < 4.78 is 10.3. The van der Waals surface area contributed by atoms with Crippen LogP contribution in [0.25, 0.3) is 0 Å². The zero-order valence-electron chi connectivity index (χ0n) is 16.0. The average Bonchev–Trinajstić information content (AvgIpc) is 3.27. The minimum atomic E-state index is -1.07. The first kappa shape index (κ1) is 19.6. The molecule has 27 heavy (non-hydrogen) atoms. The fourth-order valence-corrected chi connectivity index (χ4v) is 3.88. The molecule has 2 N–H and O–H groups in total. The Hall–Kier alpha value is -2.15. The smallest absolute Gasteiger partial charge is 0.255 e. The monoisotopic (exact) mass is 376 g/mol. The molecule has 3 unspecified atom stereocenters. The van der Waals surface area contributed by atoms with Crippen LogP contribution in [-0.2, 0) is 14.3 Å². The quantitative estimate of drug-likeness (QED) is 0.793. The minimum absolute atomic E-state index is 0.00732. The fourth-order valence-electron chi connectivity index (χ4n) is 3.88. The highest BCUT2D eigenvalue weighted by atomic mass is 16.5. The number of carbonyl (C=O) groups is 3. The molecule has 1 aromatic rings. The summed E-state index contributed by atoms with van der Waals surface area (Å²) >= 11 is 0. The molecule has 0 radical (unpaired) electrons. The second-order valence-electron chi connectivity index (χ2n) is 7.85. The summed E-state index contributed by atoms with van der Waals surface area (Å²) in [6, 6.07) is 0.857. The van der Waals surface area contributed by atoms with Gasteiger partial charge in [0.2, 0.25) is 5.91 Å². The van der Waals surface area contributed by atoms with E-state index in [1.165, 1.54) is 18.9 Å². The van der Waals surface area contributed by atoms with E-state index in [0.29, 0.717) is 17.9 Å². The van der Waals surface area contributed by atoms with Crippen molar-refractivity contribution < 1.29 is 23.5 Å². The standard InChI is InChI=1S/C20H28N2O5/c1-13-20(2,17(23)12-27-13)22-19(25)16(10-14-6-4-3-5-7-14)21-18(24)15-8-9-26-11-15/h8-9,11,13-14,16H,3-7,10,12H2,1-2H3,(H,21,24)(H,22,25). The number of ketones is 1. The van der Waals surface area contributed by atoms with Gasteiger partial charge in [0.25, 0.3) is 5.91 Å². The number of ether oxygens (including phenoxy) is 1. The van der Waals surface area contributed by atoms with Crippen molar-refractivity contribution in [3.63, 3.8) is 0 Å². The third kappa shape index (κ3) is 4.40. The third-order valence-electron chi connectivity index (χ3n) is 5.94. The van der Waals surface area contributed by atoms with Gasteiger partial charge < -0.3 is 19.8 Å². The van der Waals surface area contributed by atoms with Gasteiger partial charge in [0.15, 0.2) is 5.78 Å². The van der Waals surface area contributed by atoms with Crippen molar-refractivity contribution in [2.75, 3.05) is 6.61 Å². The SMILES string of the molecule is CC1OCC(=O)C1(C)NC(=O)C(CC1CCCCC1)NC(=O)c1ccoc1. The second-order valence-corrected chi connectivity index (χ2v) is 7.85. The predicted octanol–water partition coefficient (Wildman–Crippen LogP) is 2.21. The largest absolute Gasteiger partial charge is 0.472 e. The van der Waals surface area contributed by atoms with Crippen LogP contribution in [0.2, 0.25) is 0 Å². The number of furan rings is 1. The molecule has 3 atom stereocenters. The van der Waals surface area contributed by atoms with Crippen LogP contribution in [0.15, 0.2) is 23.0 Å². The Morgan fingerprint density at radius 1 is 1.30 bits per heavy atom.